The van der Waals surface area contributed by atoms with Gasteiger partial charge in [-0.2, -0.15) is 0 Å². The van der Waals surface area contributed by atoms with Crippen LogP contribution in [0.2, 0.25) is 0 Å². The number of nitrogens with two attached hydrogens (primary N) is 1. The Morgan fingerprint density at radius 2 is 1.05 bits per heavy atom. The summed E-state index contributed by atoms with van der Waals surface area (Å²) in [6.45, 7) is 1.43. The van der Waals surface area contributed by atoms with E-state index >= 15 is 0 Å². The standard InChI is InChI=1S/C17H37N3/c18-15-19-16-20-17-13-11-9-7-5-3-1-2-4-6-8-10-12-14-17/h17,19-20H,1-16,18H2. The van der Waals surface area contributed by atoms with Crippen molar-refractivity contribution in [1.29, 1.82) is 0 Å². The Kier molecular flexibility index (Phi) is 12.4. The normalized spacial score (nSPS) is 22.1. The van der Waals surface area contributed by atoms with Crippen molar-refractivity contribution in [3.05, 3.63) is 0 Å². The van der Waals surface area contributed by atoms with Crippen LogP contribution in [0.4, 0.5) is 0 Å². The minimum absolute atomic E-state index is 0.569. The lowest BCUT2D eigenvalue weighted by Crippen LogP contribution is -2.39. The molecule has 0 aromatic heterocycles. The molecule has 0 saturated heterocycles. The molecular formula is C17H37N3. The molecule has 1 rings (SSSR count). The predicted molar refractivity (Wildman–Crippen MR) is 88.6 cm³/mol. The van der Waals surface area contributed by atoms with Crippen LogP contribution in [-0.4, -0.2) is 19.4 Å². The van der Waals surface area contributed by atoms with E-state index in [4.69, 9.17) is 5.73 Å². The molecule has 0 heterocycles. The topological polar surface area (TPSA) is 50.1 Å². The third kappa shape index (κ3) is 10.6. The first-order chi connectivity index (χ1) is 9.93. The number of rotatable bonds is 4. The van der Waals surface area contributed by atoms with Gasteiger partial charge in [0.1, 0.15) is 0 Å². The first kappa shape index (κ1) is 17.9. The van der Waals surface area contributed by atoms with Crippen LogP contribution in [0.5, 0.6) is 0 Å². The maximum Gasteiger partial charge on any atom is 0.0466 e. The summed E-state index contributed by atoms with van der Waals surface area (Å²) < 4.78 is 0. The Bertz CT molecular complexity index is 181. The summed E-state index contributed by atoms with van der Waals surface area (Å²) in [6.07, 6.45) is 19.9. The number of nitrogens with one attached hydrogen (secondary N) is 2. The van der Waals surface area contributed by atoms with Crippen molar-refractivity contribution in [1.82, 2.24) is 10.6 Å². The molecule has 4 N–H and O–H groups in total. The van der Waals surface area contributed by atoms with Gasteiger partial charge in [0.2, 0.25) is 0 Å². The molecule has 1 aliphatic rings. The second-order valence-corrected chi connectivity index (χ2v) is 6.35. The quantitative estimate of drug-likeness (QED) is 0.542. The molecule has 3 nitrogen and oxygen atoms in total. The molecule has 0 aliphatic heterocycles. The minimum Gasteiger partial charge on any atom is -0.318 e. The highest BCUT2D eigenvalue weighted by Crippen LogP contribution is 2.16. The van der Waals surface area contributed by atoms with Gasteiger partial charge < -0.3 is 11.1 Å². The summed E-state index contributed by atoms with van der Waals surface area (Å²) in [5.41, 5.74) is 5.48. The van der Waals surface area contributed by atoms with Gasteiger partial charge in [0.15, 0.2) is 0 Å². The average molecular weight is 284 g/mol. The lowest BCUT2D eigenvalue weighted by Gasteiger charge is -2.19. The van der Waals surface area contributed by atoms with E-state index in [0.29, 0.717) is 12.7 Å². The molecule has 1 aliphatic carbocycles. The van der Waals surface area contributed by atoms with Gasteiger partial charge in [0, 0.05) is 19.4 Å². The lowest BCUT2D eigenvalue weighted by atomic mass is 10.0. The van der Waals surface area contributed by atoms with Gasteiger partial charge in [-0.3, -0.25) is 5.32 Å². The maximum atomic E-state index is 5.48. The smallest absolute Gasteiger partial charge is 0.0466 e. The fourth-order valence-electron chi connectivity index (χ4n) is 3.19. The van der Waals surface area contributed by atoms with E-state index in [9.17, 15) is 0 Å². The van der Waals surface area contributed by atoms with Gasteiger partial charge in [-0.1, -0.05) is 77.0 Å². The van der Waals surface area contributed by atoms with E-state index in [1.54, 1.807) is 0 Å². The second-order valence-electron chi connectivity index (χ2n) is 6.35. The predicted octanol–water partition coefficient (Wildman–Crippen LogP) is 3.88. The van der Waals surface area contributed by atoms with E-state index in [-0.39, 0.29) is 0 Å². The Morgan fingerprint density at radius 1 is 0.650 bits per heavy atom. The summed E-state index contributed by atoms with van der Waals surface area (Å²) in [7, 11) is 0. The molecular weight excluding hydrogens is 246 g/mol. The van der Waals surface area contributed by atoms with E-state index < -0.39 is 0 Å². The highest BCUT2D eigenvalue weighted by molar-refractivity contribution is 4.67. The van der Waals surface area contributed by atoms with Crippen molar-refractivity contribution in [3.63, 3.8) is 0 Å². The molecule has 0 aromatic carbocycles. The molecule has 0 unspecified atom stereocenters. The van der Waals surface area contributed by atoms with Gasteiger partial charge in [0.05, 0.1) is 0 Å². The van der Waals surface area contributed by atoms with Crippen molar-refractivity contribution in [2.45, 2.75) is 95.9 Å². The third-order valence-electron chi connectivity index (χ3n) is 4.52. The van der Waals surface area contributed by atoms with Crippen LogP contribution in [0.15, 0.2) is 0 Å². The Balaban J connectivity index is 2.21. The van der Waals surface area contributed by atoms with Crippen LogP contribution in [0.3, 0.4) is 0 Å². The SMILES string of the molecule is NCNCNC1CCCCCCCCCCCCCC1. The van der Waals surface area contributed by atoms with E-state index in [2.05, 4.69) is 10.6 Å². The number of hydrogen-bond donors (Lipinski definition) is 3. The zero-order chi connectivity index (χ0) is 14.3. The van der Waals surface area contributed by atoms with Crippen LogP contribution < -0.4 is 16.4 Å². The molecule has 1 saturated carbocycles. The van der Waals surface area contributed by atoms with Gasteiger partial charge >= 0.3 is 0 Å². The van der Waals surface area contributed by atoms with Crippen molar-refractivity contribution < 1.29 is 0 Å². The van der Waals surface area contributed by atoms with Crippen LogP contribution >= 0.6 is 0 Å². The van der Waals surface area contributed by atoms with Crippen LogP contribution in [-0.2, 0) is 0 Å². The maximum absolute atomic E-state index is 5.48. The summed E-state index contributed by atoms with van der Waals surface area (Å²) in [4.78, 5) is 0. The fourth-order valence-corrected chi connectivity index (χ4v) is 3.19. The molecule has 0 spiro atoms. The van der Waals surface area contributed by atoms with Crippen LogP contribution in [0, 0.1) is 0 Å². The average Bonchev–Trinajstić information content (AvgIpc) is 2.47. The Hall–Kier alpha value is -0.120. The number of hydrogen-bond acceptors (Lipinski definition) is 3. The van der Waals surface area contributed by atoms with E-state index in [1.807, 2.05) is 0 Å². The molecule has 120 valence electrons. The van der Waals surface area contributed by atoms with Crippen LogP contribution in [0.1, 0.15) is 89.9 Å². The van der Waals surface area contributed by atoms with E-state index in [0.717, 1.165) is 6.67 Å². The minimum atomic E-state index is 0.569. The zero-order valence-corrected chi connectivity index (χ0v) is 13.5. The van der Waals surface area contributed by atoms with Crippen LogP contribution in [0.25, 0.3) is 0 Å². The summed E-state index contributed by atoms with van der Waals surface area (Å²) in [5, 5.41) is 6.80. The van der Waals surface area contributed by atoms with Crippen molar-refractivity contribution in [2.24, 2.45) is 5.73 Å². The summed E-state index contributed by atoms with van der Waals surface area (Å²) in [5.74, 6) is 0. The first-order valence-corrected chi connectivity index (χ1v) is 9.07. The lowest BCUT2D eigenvalue weighted by molar-refractivity contribution is 0.401. The molecule has 0 amide bonds. The second kappa shape index (κ2) is 13.8. The molecule has 0 aromatic rings. The van der Waals surface area contributed by atoms with Gasteiger partial charge in [-0.25, -0.2) is 0 Å². The highest BCUT2D eigenvalue weighted by atomic mass is 15.1. The summed E-state index contributed by atoms with van der Waals surface area (Å²) in [6, 6.07) is 0.694. The zero-order valence-electron chi connectivity index (χ0n) is 13.5. The monoisotopic (exact) mass is 283 g/mol. The fraction of sp³-hybridized carbons (Fsp3) is 1.00. The molecule has 1 fully saturated rings. The Labute approximate surface area is 126 Å². The van der Waals surface area contributed by atoms with Gasteiger partial charge in [-0.05, 0) is 12.8 Å². The van der Waals surface area contributed by atoms with Gasteiger partial charge in [0.25, 0.3) is 0 Å². The highest BCUT2D eigenvalue weighted by Gasteiger charge is 2.07. The molecule has 20 heavy (non-hydrogen) atoms. The van der Waals surface area contributed by atoms with Crippen molar-refractivity contribution in [3.8, 4) is 0 Å². The molecule has 0 bridgehead atoms. The van der Waals surface area contributed by atoms with Crippen molar-refractivity contribution >= 4 is 0 Å². The third-order valence-corrected chi connectivity index (χ3v) is 4.52. The largest absolute Gasteiger partial charge is 0.318 e. The Morgan fingerprint density at radius 3 is 1.45 bits per heavy atom. The molecule has 0 radical (unpaired) electrons. The molecule has 3 heteroatoms. The first-order valence-electron chi connectivity index (χ1n) is 9.07. The molecule has 0 atom stereocenters. The van der Waals surface area contributed by atoms with Crippen molar-refractivity contribution in [2.75, 3.05) is 13.3 Å². The summed E-state index contributed by atoms with van der Waals surface area (Å²) >= 11 is 0. The van der Waals surface area contributed by atoms with Gasteiger partial charge in [-0.15, -0.1) is 0 Å². The van der Waals surface area contributed by atoms with E-state index in [1.165, 1.54) is 89.9 Å².